The van der Waals surface area contributed by atoms with Gasteiger partial charge in [-0.05, 0) is 79.1 Å². The van der Waals surface area contributed by atoms with Crippen LogP contribution in [0.15, 0.2) is 70.7 Å². The standard InChI is InChI=1S/C26H20BrFN2O4/c1-15-8-16(2)10-21(9-15)30-25(32)22(24(31)29-26(30)33)13-18-12-19(27)6-7-23(18)34-14-17-4-3-5-20(28)11-17/h3-13H,14H2,1-2H3,(H,29,31,33)/b22-13+. The zero-order valence-electron chi connectivity index (χ0n) is 18.4. The number of halogens is 2. The van der Waals surface area contributed by atoms with E-state index in [4.69, 9.17) is 4.74 Å². The van der Waals surface area contributed by atoms with Crippen LogP contribution in [0, 0.1) is 19.7 Å². The Bertz CT molecular complexity index is 1330. The van der Waals surface area contributed by atoms with E-state index in [2.05, 4.69) is 21.2 Å². The fraction of sp³-hybridized carbons (Fsp3) is 0.115. The summed E-state index contributed by atoms with van der Waals surface area (Å²) in [7, 11) is 0. The molecule has 3 aromatic carbocycles. The number of imide groups is 2. The van der Waals surface area contributed by atoms with Crippen LogP contribution in [0.4, 0.5) is 14.9 Å². The minimum atomic E-state index is -0.811. The van der Waals surface area contributed by atoms with Crippen molar-refractivity contribution >= 4 is 45.5 Å². The molecule has 6 nitrogen and oxygen atoms in total. The smallest absolute Gasteiger partial charge is 0.335 e. The summed E-state index contributed by atoms with van der Waals surface area (Å²) in [4.78, 5) is 39.3. The Hall–Kier alpha value is -3.78. The van der Waals surface area contributed by atoms with E-state index in [0.717, 1.165) is 16.0 Å². The Balaban J connectivity index is 1.69. The van der Waals surface area contributed by atoms with Crippen molar-refractivity contribution in [2.45, 2.75) is 20.5 Å². The van der Waals surface area contributed by atoms with Gasteiger partial charge in [-0.3, -0.25) is 14.9 Å². The van der Waals surface area contributed by atoms with Crippen LogP contribution in [-0.2, 0) is 16.2 Å². The molecular weight excluding hydrogens is 503 g/mol. The predicted molar refractivity (Wildman–Crippen MR) is 130 cm³/mol. The Labute approximate surface area is 204 Å². The van der Waals surface area contributed by atoms with Gasteiger partial charge in [-0.25, -0.2) is 14.1 Å². The van der Waals surface area contributed by atoms with Crippen LogP contribution < -0.4 is 15.0 Å². The monoisotopic (exact) mass is 522 g/mol. The number of rotatable bonds is 5. The van der Waals surface area contributed by atoms with Crippen molar-refractivity contribution in [2.75, 3.05) is 4.90 Å². The number of amides is 4. The van der Waals surface area contributed by atoms with Crippen molar-refractivity contribution in [3.05, 3.63) is 98.8 Å². The number of aryl methyl sites for hydroxylation is 2. The molecule has 1 aliphatic heterocycles. The molecule has 0 saturated carbocycles. The molecule has 0 aromatic heterocycles. The molecule has 0 radical (unpaired) electrons. The highest BCUT2D eigenvalue weighted by Crippen LogP contribution is 2.29. The fourth-order valence-electron chi connectivity index (χ4n) is 3.68. The molecule has 3 aromatic rings. The van der Waals surface area contributed by atoms with E-state index in [-0.39, 0.29) is 18.0 Å². The molecule has 4 amide bonds. The molecule has 4 rings (SSSR count). The molecule has 8 heteroatoms. The van der Waals surface area contributed by atoms with Crippen molar-refractivity contribution in [1.29, 1.82) is 0 Å². The average Bonchev–Trinajstić information content (AvgIpc) is 2.75. The molecule has 1 saturated heterocycles. The van der Waals surface area contributed by atoms with E-state index in [1.165, 1.54) is 18.2 Å². The first-order chi connectivity index (χ1) is 16.2. The van der Waals surface area contributed by atoms with Gasteiger partial charge in [-0.15, -0.1) is 0 Å². The van der Waals surface area contributed by atoms with E-state index in [9.17, 15) is 18.8 Å². The first-order valence-electron chi connectivity index (χ1n) is 10.4. The molecule has 0 spiro atoms. The minimum absolute atomic E-state index is 0.0862. The van der Waals surface area contributed by atoms with Crippen molar-refractivity contribution in [1.82, 2.24) is 5.32 Å². The normalized spacial score (nSPS) is 15.0. The van der Waals surface area contributed by atoms with Crippen LogP contribution in [0.3, 0.4) is 0 Å². The van der Waals surface area contributed by atoms with E-state index in [1.807, 2.05) is 19.9 Å². The summed E-state index contributed by atoms with van der Waals surface area (Å²) >= 11 is 3.39. The fourth-order valence-corrected chi connectivity index (χ4v) is 4.06. The van der Waals surface area contributed by atoms with Gasteiger partial charge >= 0.3 is 6.03 Å². The first-order valence-corrected chi connectivity index (χ1v) is 11.2. The van der Waals surface area contributed by atoms with Crippen molar-refractivity contribution in [3.63, 3.8) is 0 Å². The number of benzene rings is 3. The number of hydrogen-bond donors (Lipinski definition) is 1. The maximum atomic E-state index is 13.5. The van der Waals surface area contributed by atoms with Gasteiger partial charge in [0.15, 0.2) is 0 Å². The lowest BCUT2D eigenvalue weighted by Crippen LogP contribution is -2.54. The van der Waals surface area contributed by atoms with Gasteiger partial charge in [0.05, 0.1) is 5.69 Å². The number of urea groups is 1. The lowest BCUT2D eigenvalue weighted by Gasteiger charge is -2.27. The van der Waals surface area contributed by atoms with E-state index in [0.29, 0.717) is 27.0 Å². The molecule has 172 valence electrons. The van der Waals surface area contributed by atoms with Crippen molar-refractivity contribution in [2.24, 2.45) is 0 Å². The van der Waals surface area contributed by atoms with Gasteiger partial charge in [-0.2, -0.15) is 0 Å². The second-order valence-corrected chi connectivity index (χ2v) is 8.82. The van der Waals surface area contributed by atoms with Gasteiger partial charge in [0.25, 0.3) is 11.8 Å². The molecule has 0 bridgehead atoms. The molecule has 0 aliphatic carbocycles. The lowest BCUT2D eigenvalue weighted by molar-refractivity contribution is -0.122. The molecule has 1 heterocycles. The Morgan fingerprint density at radius 2 is 1.74 bits per heavy atom. The zero-order valence-corrected chi connectivity index (χ0v) is 20.0. The zero-order chi connectivity index (χ0) is 24.4. The quantitative estimate of drug-likeness (QED) is 0.357. The molecule has 1 N–H and O–H groups in total. The summed E-state index contributed by atoms with van der Waals surface area (Å²) in [5.41, 5.74) is 2.97. The SMILES string of the molecule is Cc1cc(C)cc(N2C(=O)NC(=O)/C(=C\c3cc(Br)ccc3OCc3cccc(F)c3)C2=O)c1. The summed E-state index contributed by atoms with van der Waals surface area (Å²) in [6.07, 6.45) is 1.38. The van der Waals surface area contributed by atoms with Gasteiger partial charge < -0.3 is 4.74 Å². The summed E-state index contributed by atoms with van der Waals surface area (Å²) < 4.78 is 20.0. The summed E-state index contributed by atoms with van der Waals surface area (Å²) in [6, 6.07) is 15.6. The van der Waals surface area contributed by atoms with Gasteiger partial charge in [0.2, 0.25) is 0 Å². The largest absolute Gasteiger partial charge is 0.488 e. The number of barbiturate groups is 1. The number of carbonyl (C=O) groups excluding carboxylic acids is 3. The Morgan fingerprint density at radius 3 is 2.44 bits per heavy atom. The number of ether oxygens (including phenoxy) is 1. The van der Waals surface area contributed by atoms with Crippen LogP contribution >= 0.6 is 15.9 Å². The van der Waals surface area contributed by atoms with E-state index in [1.54, 1.807) is 42.5 Å². The van der Waals surface area contributed by atoms with Crippen LogP contribution in [0.5, 0.6) is 5.75 Å². The molecule has 0 unspecified atom stereocenters. The third-order valence-corrected chi connectivity index (χ3v) is 5.61. The molecule has 1 aliphatic rings. The molecule has 34 heavy (non-hydrogen) atoms. The number of nitrogens with one attached hydrogen (secondary N) is 1. The van der Waals surface area contributed by atoms with Gasteiger partial charge in [0, 0.05) is 10.0 Å². The lowest BCUT2D eigenvalue weighted by atomic mass is 10.0. The Kier molecular flexibility index (Phi) is 6.61. The number of nitrogens with zero attached hydrogens (tertiary/aromatic N) is 1. The summed E-state index contributed by atoms with van der Waals surface area (Å²) in [5, 5.41) is 2.23. The highest BCUT2D eigenvalue weighted by atomic mass is 79.9. The maximum absolute atomic E-state index is 13.5. The number of hydrogen-bond acceptors (Lipinski definition) is 4. The minimum Gasteiger partial charge on any atom is -0.488 e. The molecular formula is C26H20BrFN2O4. The molecule has 1 fully saturated rings. The third-order valence-electron chi connectivity index (χ3n) is 5.12. The highest BCUT2D eigenvalue weighted by molar-refractivity contribution is 9.10. The third kappa shape index (κ3) is 5.07. The maximum Gasteiger partial charge on any atom is 0.335 e. The van der Waals surface area contributed by atoms with Crippen LogP contribution in [-0.4, -0.2) is 17.8 Å². The second kappa shape index (κ2) is 9.61. The second-order valence-electron chi connectivity index (χ2n) is 7.90. The van der Waals surface area contributed by atoms with Crippen LogP contribution in [0.1, 0.15) is 22.3 Å². The van der Waals surface area contributed by atoms with E-state index < -0.39 is 17.8 Å². The summed E-state index contributed by atoms with van der Waals surface area (Å²) in [6.45, 7) is 3.80. The topological polar surface area (TPSA) is 75.7 Å². The van der Waals surface area contributed by atoms with E-state index >= 15 is 0 Å². The number of anilines is 1. The van der Waals surface area contributed by atoms with Crippen LogP contribution in [0.2, 0.25) is 0 Å². The first kappa shape index (κ1) is 23.4. The molecule has 0 atom stereocenters. The predicted octanol–water partition coefficient (Wildman–Crippen LogP) is 5.45. The highest BCUT2D eigenvalue weighted by Gasteiger charge is 2.37. The Morgan fingerprint density at radius 1 is 1.00 bits per heavy atom. The van der Waals surface area contributed by atoms with Crippen molar-refractivity contribution in [3.8, 4) is 5.75 Å². The number of carbonyl (C=O) groups is 3. The van der Waals surface area contributed by atoms with Gasteiger partial charge in [0.1, 0.15) is 23.7 Å². The van der Waals surface area contributed by atoms with Crippen LogP contribution in [0.25, 0.3) is 6.08 Å². The van der Waals surface area contributed by atoms with Gasteiger partial charge in [-0.1, -0.05) is 34.1 Å². The average molecular weight is 523 g/mol. The summed E-state index contributed by atoms with van der Waals surface area (Å²) in [5.74, 6) is -1.53. The van der Waals surface area contributed by atoms with Crippen molar-refractivity contribution < 1.29 is 23.5 Å².